The molecule has 0 spiro atoms. The molecule has 1 amide bonds. The Morgan fingerprint density at radius 3 is 3.00 bits per heavy atom. The minimum absolute atomic E-state index is 0.166. The van der Waals surface area contributed by atoms with Crippen LogP contribution in [0.1, 0.15) is 36.5 Å². The molecule has 1 atom stereocenters. The first-order chi connectivity index (χ1) is 8.06. The van der Waals surface area contributed by atoms with Gasteiger partial charge in [-0.1, -0.05) is 6.92 Å². The lowest BCUT2D eigenvalue weighted by atomic mass is 10.0. The van der Waals surface area contributed by atoms with Crippen molar-refractivity contribution in [2.45, 2.75) is 32.2 Å². The highest BCUT2D eigenvalue weighted by atomic mass is 79.9. The SMILES string of the molecule is CCc1[nH]nc(C(=O)NC2(C)CCOC2)c1Br. The molecule has 1 fully saturated rings. The Bertz CT molecular complexity index is 424. The van der Waals surface area contributed by atoms with Crippen LogP contribution in [0.4, 0.5) is 0 Å². The third kappa shape index (κ3) is 2.52. The van der Waals surface area contributed by atoms with E-state index < -0.39 is 0 Å². The van der Waals surface area contributed by atoms with Gasteiger partial charge in [-0.2, -0.15) is 5.10 Å². The molecule has 0 saturated carbocycles. The highest BCUT2D eigenvalue weighted by Crippen LogP contribution is 2.22. The molecule has 0 radical (unpaired) electrons. The molecule has 1 aliphatic rings. The number of hydrogen-bond donors (Lipinski definition) is 2. The van der Waals surface area contributed by atoms with Gasteiger partial charge >= 0.3 is 0 Å². The van der Waals surface area contributed by atoms with Crippen molar-refractivity contribution in [2.24, 2.45) is 0 Å². The van der Waals surface area contributed by atoms with Crippen molar-refractivity contribution in [1.29, 1.82) is 0 Å². The summed E-state index contributed by atoms with van der Waals surface area (Å²) in [5, 5.41) is 9.86. The summed E-state index contributed by atoms with van der Waals surface area (Å²) in [7, 11) is 0. The number of carbonyl (C=O) groups excluding carboxylic acids is 1. The van der Waals surface area contributed by atoms with Crippen LogP contribution >= 0.6 is 15.9 Å². The summed E-state index contributed by atoms with van der Waals surface area (Å²) in [5.74, 6) is -0.166. The molecule has 5 nitrogen and oxygen atoms in total. The van der Waals surface area contributed by atoms with E-state index in [1.165, 1.54) is 0 Å². The van der Waals surface area contributed by atoms with E-state index in [-0.39, 0.29) is 11.4 Å². The molecule has 0 bridgehead atoms. The largest absolute Gasteiger partial charge is 0.379 e. The highest BCUT2D eigenvalue weighted by Gasteiger charge is 2.32. The van der Waals surface area contributed by atoms with Gasteiger partial charge in [-0.25, -0.2) is 0 Å². The van der Waals surface area contributed by atoms with Crippen LogP contribution in [0.2, 0.25) is 0 Å². The number of amides is 1. The minimum Gasteiger partial charge on any atom is -0.379 e. The second kappa shape index (κ2) is 4.78. The fourth-order valence-electron chi connectivity index (χ4n) is 1.85. The van der Waals surface area contributed by atoms with E-state index >= 15 is 0 Å². The molecule has 6 heteroatoms. The Morgan fingerprint density at radius 2 is 2.47 bits per heavy atom. The summed E-state index contributed by atoms with van der Waals surface area (Å²) in [6.45, 7) is 5.24. The van der Waals surface area contributed by atoms with Crippen molar-refractivity contribution < 1.29 is 9.53 Å². The minimum atomic E-state index is -0.276. The fraction of sp³-hybridized carbons (Fsp3) is 0.636. The molecular formula is C11H16BrN3O2. The third-order valence-corrected chi connectivity index (χ3v) is 3.83. The summed E-state index contributed by atoms with van der Waals surface area (Å²) in [4.78, 5) is 12.1. The van der Waals surface area contributed by atoms with Crippen LogP contribution in [0.25, 0.3) is 0 Å². The van der Waals surface area contributed by atoms with E-state index in [0.29, 0.717) is 18.9 Å². The number of aryl methyl sites for hydroxylation is 1. The second-order valence-electron chi connectivity index (χ2n) is 4.54. The van der Waals surface area contributed by atoms with E-state index in [1.807, 2.05) is 13.8 Å². The maximum absolute atomic E-state index is 12.1. The molecular weight excluding hydrogens is 286 g/mol. The van der Waals surface area contributed by atoms with Gasteiger partial charge in [-0.15, -0.1) is 0 Å². The maximum atomic E-state index is 12.1. The van der Waals surface area contributed by atoms with E-state index in [2.05, 4.69) is 31.4 Å². The van der Waals surface area contributed by atoms with Crippen LogP contribution in [0, 0.1) is 0 Å². The summed E-state index contributed by atoms with van der Waals surface area (Å²) >= 11 is 3.39. The predicted molar refractivity (Wildman–Crippen MR) is 67.0 cm³/mol. The number of ether oxygens (including phenoxy) is 1. The van der Waals surface area contributed by atoms with Gasteiger partial charge < -0.3 is 10.1 Å². The number of aromatic amines is 1. The molecule has 1 aromatic heterocycles. The number of carbonyl (C=O) groups is 1. The molecule has 0 aromatic carbocycles. The molecule has 2 N–H and O–H groups in total. The van der Waals surface area contributed by atoms with Crippen molar-refractivity contribution in [2.75, 3.05) is 13.2 Å². The van der Waals surface area contributed by atoms with E-state index in [1.54, 1.807) is 0 Å². The zero-order valence-electron chi connectivity index (χ0n) is 9.97. The number of nitrogens with one attached hydrogen (secondary N) is 2. The Labute approximate surface area is 108 Å². The van der Waals surface area contributed by atoms with Crippen LogP contribution in [0.15, 0.2) is 4.47 Å². The lowest BCUT2D eigenvalue weighted by Gasteiger charge is -2.22. The number of aromatic nitrogens is 2. The van der Waals surface area contributed by atoms with Crippen LogP contribution in [0.3, 0.4) is 0 Å². The Hall–Kier alpha value is -0.880. The molecule has 1 unspecified atom stereocenters. The van der Waals surface area contributed by atoms with Gasteiger partial charge in [0.15, 0.2) is 5.69 Å². The number of nitrogens with zero attached hydrogens (tertiary/aromatic N) is 1. The first-order valence-corrected chi connectivity index (χ1v) is 6.48. The molecule has 2 heterocycles. The number of halogens is 1. The Morgan fingerprint density at radius 1 is 1.71 bits per heavy atom. The van der Waals surface area contributed by atoms with Crippen molar-refractivity contribution in [3.05, 3.63) is 15.9 Å². The van der Waals surface area contributed by atoms with Crippen LogP contribution in [-0.4, -0.2) is 34.9 Å². The highest BCUT2D eigenvalue weighted by molar-refractivity contribution is 9.10. The van der Waals surface area contributed by atoms with Crippen molar-refractivity contribution >= 4 is 21.8 Å². The van der Waals surface area contributed by atoms with Crippen molar-refractivity contribution in [1.82, 2.24) is 15.5 Å². The van der Waals surface area contributed by atoms with E-state index in [9.17, 15) is 4.79 Å². The monoisotopic (exact) mass is 301 g/mol. The van der Waals surface area contributed by atoms with E-state index in [0.717, 1.165) is 23.0 Å². The molecule has 17 heavy (non-hydrogen) atoms. The molecule has 1 aliphatic heterocycles. The Balaban J connectivity index is 2.11. The van der Waals surface area contributed by atoms with Crippen LogP contribution < -0.4 is 5.32 Å². The first kappa shape index (κ1) is 12.6. The molecule has 0 aliphatic carbocycles. The molecule has 2 rings (SSSR count). The van der Waals surface area contributed by atoms with E-state index in [4.69, 9.17) is 4.74 Å². The standard InChI is InChI=1S/C11H16BrN3O2/c1-3-7-8(12)9(15-14-7)10(16)13-11(2)4-5-17-6-11/h3-6H2,1-2H3,(H,13,16)(H,14,15). The van der Waals surface area contributed by atoms with Gasteiger partial charge in [0.05, 0.1) is 16.6 Å². The zero-order valence-corrected chi connectivity index (χ0v) is 11.6. The number of H-pyrrole nitrogens is 1. The Kier molecular flexibility index (Phi) is 3.53. The average molecular weight is 302 g/mol. The molecule has 94 valence electrons. The third-order valence-electron chi connectivity index (χ3n) is 2.98. The molecule has 1 aromatic rings. The number of hydrogen-bond acceptors (Lipinski definition) is 3. The first-order valence-electron chi connectivity index (χ1n) is 5.69. The van der Waals surface area contributed by atoms with Gasteiger partial charge in [-0.3, -0.25) is 9.89 Å². The lowest BCUT2D eigenvalue weighted by Crippen LogP contribution is -2.46. The van der Waals surface area contributed by atoms with Crippen LogP contribution in [-0.2, 0) is 11.2 Å². The van der Waals surface area contributed by atoms with Gasteiger partial charge in [0, 0.05) is 12.3 Å². The second-order valence-corrected chi connectivity index (χ2v) is 5.33. The summed E-state index contributed by atoms with van der Waals surface area (Å²) in [6, 6.07) is 0. The van der Waals surface area contributed by atoms with Crippen molar-refractivity contribution in [3.8, 4) is 0 Å². The fourth-order valence-corrected chi connectivity index (χ4v) is 2.49. The normalized spacial score (nSPS) is 23.9. The summed E-state index contributed by atoms with van der Waals surface area (Å²) in [6.07, 6.45) is 1.64. The lowest BCUT2D eigenvalue weighted by molar-refractivity contribution is 0.0884. The number of rotatable bonds is 3. The smallest absolute Gasteiger partial charge is 0.273 e. The summed E-state index contributed by atoms with van der Waals surface area (Å²) < 4.78 is 6.05. The van der Waals surface area contributed by atoms with Gasteiger partial charge in [-0.05, 0) is 35.7 Å². The van der Waals surface area contributed by atoms with Gasteiger partial charge in [0.1, 0.15) is 0 Å². The summed E-state index contributed by atoms with van der Waals surface area (Å²) in [5.41, 5.74) is 1.07. The van der Waals surface area contributed by atoms with Gasteiger partial charge in [0.2, 0.25) is 0 Å². The quantitative estimate of drug-likeness (QED) is 0.892. The van der Waals surface area contributed by atoms with Gasteiger partial charge in [0.25, 0.3) is 5.91 Å². The average Bonchev–Trinajstić information content (AvgIpc) is 2.85. The van der Waals surface area contributed by atoms with Crippen LogP contribution in [0.5, 0.6) is 0 Å². The zero-order chi connectivity index (χ0) is 12.5. The maximum Gasteiger partial charge on any atom is 0.273 e. The molecule has 1 saturated heterocycles. The van der Waals surface area contributed by atoms with Crippen molar-refractivity contribution in [3.63, 3.8) is 0 Å². The topological polar surface area (TPSA) is 67.0 Å². The predicted octanol–water partition coefficient (Wildman–Crippen LogP) is 1.64.